The monoisotopic (exact) mass is 283 g/mol. The second-order valence-electron chi connectivity index (χ2n) is 4.70. The molecular formula is C14H15ClFNO2. The predicted octanol–water partition coefficient (Wildman–Crippen LogP) is 2.92. The lowest BCUT2D eigenvalue weighted by Gasteiger charge is -2.31. The molecule has 0 aromatic heterocycles. The van der Waals surface area contributed by atoms with Crippen LogP contribution in [0.3, 0.4) is 0 Å². The van der Waals surface area contributed by atoms with Crippen LogP contribution in [0, 0.1) is 11.7 Å². The molecule has 0 aliphatic carbocycles. The van der Waals surface area contributed by atoms with Crippen LogP contribution in [0.1, 0.15) is 30.1 Å². The van der Waals surface area contributed by atoms with Gasteiger partial charge in [0.1, 0.15) is 11.6 Å². The minimum absolute atomic E-state index is 0.0308. The van der Waals surface area contributed by atoms with E-state index < -0.39 is 11.7 Å². The van der Waals surface area contributed by atoms with Gasteiger partial charge in [-0.05, 0) is 24.6 Å². The molecular weight excluding hydrogens is 269 g/mol. The molecule has 1 unspecified atom stereocenters. The lowest BCUT2D eigenvalue weighted by atomic mass is 9.93. The van der Waals surface area contributed by atoms with Crippen LogP contribution in [0.2, 0.25) is 5.02 Å². The summed E-state index contributed by atoms with van der Waals surface area (Å²) >= 11 is 5.79. The Morgan fingerprint density at radius 1 is 1.53 bits per heavy atom. The van der Waals surface area contributed by atoms with Crippen molar-refractivity contribution in [3.63, 3.8) is 0 Å². The molecule has 0 radical (unpaired) electrons. The number of rotatable bonds is 2. The molecule has 3 nitrogen and oxygen atoms in total. The highest BCUT2D eigenvalue weighted by Crippen LogP contribution is 2.21. The molecule has 19 heavy (non-hydrogen) atoms. The van der Waals surface area contributed by atoms with Crippen molar-refractivity contribution in [2.45, 2.75) is 19.8 Å². The summed E-state index contributed by atoms with van der Waals surface area (Å²) in [6.45, 7) is 2.62. The number of amides is 1. The molecule has 5 heteroatoms. The zero-order valence-electron chi connectivity index (χ0n) is 10.7. The Kier molecular flexibility index (Phi) is 4.20. The van der Waals surface area contributed by atoms with Gasteiger partial charge in [-0.2, -0.15) is 0 Å². The molecule has 102 valence electrons. The molecule has 1 fully saturated rings. The van der Waals surface area contributed by atoms with E-state index in [1.165, 1.54) is 23.1 Å². The molecule has 1 aromatic rings. The lowest BCUT2D eigenvalue weighted by molar-refractivity contribution is -0.125. The molecule has 2 rings (SSSR count). The number of benzene rings is 1. The minimum atomic E-state index is -0.584. The molecule has 1 amide bonds. The summed E-state index contributed by atoms with van der Waals surface area (Å²) in [7, 11) is 0. The number of piperidine rings is 1. The number of likely N-dealkylation sites (tertiary alicyclic amines) is 1. The number of Topliss-reactive ketones (excluding diaryl/α,β-unsaturated/α-hetero) is 1. The predicted molar refractivity (Wildman–Crippen MR) is 70.7 cm³/mol. The third-order valence-corrected chi connectivity index (χ3v) is 3.70. The second kappa shape index (κ2) is 5.70. The van der Waals surface area contributed by atoms with Crippen LogP contribution in [0.25, 0.3) is 0 Å². The van der Waals surface area contributed by atoms with Gasteiger partial charge in [-0.15, -0.1) is 0 Å². The average molecular weight is 284 g/mol. The van der Waals surface area contributed by atoms with Gasteiger partial charge in [-0.25, -0.2) is 4.39 Å². The zero-order valence-corrected chi connectivity index (χ0v) is 11.4. The maximum atomic E-state index is 13.7. The Balaban J connectivity index is 2.20. The number of hydrogen-bond acceptors (Lipinski definition) is 2. The summed E-state index contributed by atoms with van der Waals surface area (Å²) in [6, 6.07) is 3.92. The van der Waals surface area contributed by atoms with Crippen molar-refractivity contribution < 1.29 is 14.0 Å². The Morgan fingerprint density at radius 2 is 2.26 bits per heavy atom. The van der Waals surface area contributed by atoms with Crippen LogP contribution in [-0.4, -0.2) is 29.7 Å². The second-order valence-corrected chi connectivity index (χ2v) is 5.13. The lowest BCUT2D eigenvalue weighted by Crippen LogP contribution is -2.44. The van der Waals surface area contributed by atoms with Crippen molar-refractivity contribution in [1.82, 2.24) is 4.90 Å². The third-order valence-electron chi connectivity index (χ3n) is 3.46. The highest BCUT2D eigenvalue weighted by molar-refractivity contribution is 6.31. The fourth-order valence-corrected chi connectivity index (χ4v) is 2.45. The Hall–Kier alpha value is -1.42. The van der Waals surface area contributed by atoms with Gasteiger partial charge in [0.2, 0.25) is 0 Å². The fourth-order valence-electron chi connectivity index (χ4n) is 2.28. The van der Waals surface area contributed by atoms with Crippen LogP contribution < -0.4 is 0 Å². The van der Waals surface area contributed by atoms with Crippen LogP contribution >= 0.6 is 11.6 Å². The van der Waals surface area contributed by atoms with Gasteiger partial charge in [-0.3, -0.25) is 9.59 Å². The SMILES string of the molecule is CCC1CN(C(=O)c2cc(Cl)ccc2F)CCC1=O. The van der Waals surface area contributed by atoms with Crippen molar-refractivity contribution in [3.05, 3.63) is 34.6 Å². The quantitative estimate of drug-likeness (QED) is 0.837. The summed E-state index contributed by atoms with van der Waals surface area (Å²) in [4.78, 5) is 25.4. The van der Waals surface area contributed by atoms with Gasteiger partial charge in [0.25, 0.3) is 5.91 Å². The molecule has 0 saturated carbocycles. The molecule has 1 aromatic carbocycles. The summed E-state index contributed by atoms with van der Waals surface area (Å²) in [5, 5.41) is 0.324. The number of hydrogen-bond donors (Lipinski definition) is 0. The standard InChI is InChI=1S/C14H15ClFNO2/c1-2-9-8-17(6-5-13(9)18)14(19)11-7-10(15)3-4-12(11)16/h3-4,7,9H,2,5-6,8H2,1H3. The van der Waals surface area contributed by atoms with E-state index in [9.17, 15) is 14.0 Å². The van der Waals surface area contributed by atoms with Gasteiger partial charge in [0.05, 0.1) is 5.56 Å². The smallest absolute Gasteiger partial charge is 0.256 e. The van der Waals surface area contributed by atoms with Crippen LogP contribution in [0.5, 0.6) is 0 Å². The maximum Gasteiger partial charge on any atom is 0.256 e. The van der Waals surface area contributed by atoms with E-state index in [1.54, 1.807) is 0 Å². The summed E-state index contributed by atoms with van der Waals surface area (Å²) in [5.74, 6) is -0.941. The largest absolute Gasteiger partial charge is 0.337 e. The molecule has 0 bridgehead atoms. The Labute approximate surface area is 116 Å². The number of halogens is 2. The molecule has 0 N–H and O–H groups in total. The molecule has 1 atom stereocenters. The van der Waals surface area contributed by atoms with E-state index in [2.05, 4.69) is 0 Å². The molecule has 1 saturated heterocycles. The van der Waals surface area contributed by atoms with Crippen molar-refractivity contribution in [2.24, 2.45) is 5.92 Å². The number of carbonyl (C=O) groups excluding carboxylic acids is 2. The Bertz CT molecular complexity index is 518. The first-order chi connectivity index (χ1) is 9.02. The van der Waals surface area contributed by atoms with Gasteiger partial charge in [-0.1, -0.05) is 18.5 Å². The first kappa shape index (κ1) is 14.0. The van der Waals surface area contributed by atoms with E-state index in [-0.39, 0.29) is 17.3 Å². The summed E-state index contributed by atoms with van der Waals surface area (Å²) in [6.07, 6.45) is 1.03. The van der Waals surface area contributed by atoms with Crippen LogP contribution in [0.4, 0.5) is 4.39 Å². The van der Waals surface area contributed by atoms with E-state index in [1.807, 2.05) is 6.92 Å². The highest BCUT2D eigenvalue weighted by atomic mass is 35.5. The van der Waals surface area contributed by atoms with E-state index in [4.69, 9.17) is 11.6 Å². The molecule has 1 heterocycles. The number of nitrogens with zero attached hydrogens (tertiary/aromatic N) is 1. The minimum Gasteiger partial charge on any atom is -0.337 e. The van der Waals surface area contributed by atoms with Crippen LogP contribution in [-0.2, 0) is 4.79 Å². The highest BCUT2D eigenvalue weighted by Gasteiger charge is 2.30. The van der Waals surface area contributed by atoms with Gasteiger partial charge < -0.3 is 4.90 Å². The van der Waals surface area contributed by atoms with Crippen molar-refractivity contribution in [2.75, 3.05) is 13.1 Å². The van der Waals surface area contributed by atoms with Gasteiger partial charge in [0.15, 0.2) is 0 Å². The number of ketones is 1. The average Bonchev–Trinajstić information content (AvgIpc) is 2.41. The molecule has 0 spiro atoms. The van der Waals surface area contributed by atoms with Gasteiger partial charge >= 0.3 is 0 Å². The summed E-state index contributed by atoms with van der Waals surface area (Å²) < 4.78 is 13.7. The first-order valence-corrected chi connectivity index (χ1v) is 6.67. The third kappa shape index (κ3) is 2.95. The Morgan fingerprint density at radius 3 is 2.95 bits per heavy atom. The normalized spacial score (nSPS) is 19.6. The summed E-state index contributed by atoms with van der Waals surface area (Å²) in [5.41, 5.74) is -0.0308. The van der Waals surface area contributed by atoms with E-state index in [0.29, 0.717) is 31.0 Å². The van der Waals surface area contributed by atoms with Crippen LogP contribution in [0.15, 0.2) is 18.2 Å². The molecule has 1 aliphatic rings. The number of carbonyl (C=O) groups is 2. The van der Waals surface area contributed by atoms with E-state index >= 15 is 0 Å². The topological polar surface area (TPSA) is 37.4 Å². The van der Waals surface area contributed by atoms with Crippen molar-refractivity contribution >= 4 is 23.3 Å². The van der Waals surface area contributed by atoms with Crippen molar-refractivity contribution in [3.8, 4) is 0 Å². The van der Waals surface area contributed by atoms with Crippen molar-refractivity contribution in [1.29, 1.82) is 0 Å². The molecule has 1 aliphatic heterocycles. The zero-order chi connectivity index (χ0) is 14.0. The maximum absolute atomic E-state index is 13.7. The first-order valence-electron chi connectivity index (χ1n) is 6.30. The fraction of sp³-hybridized carbons (Fsp3) is 0.429. The van der Waals surface area contributed by atoms with E-state index in [0.717, 1.165) is 0 Å². The van der Waals surface area contributed by atoms with Gasteiger partial charge in [0, 0.05) is 30.5 Å².